The summed E-state index contributed by atoms with van der Waals surface area (Å²) in [5, 5.41) is 2.62. The fourth-order valence-electron chi connectivity index (χ4n) is 2.58. The van der Waals surface area contributed by atoms with E-state index in [0.29, 0.717) is 30.3 Å². The van der Waals surface area contributed by atoms with E-state index in [9.17, 15) is 14.4 Å². The maximum atomic E-state index is 12.6. The van der Waals surface area contributed by atoms with Crippen LogP contribution in [0.2, 0.25) is 0 Å². The quantitative estimate of drug-likeness (QED) is 0.640. The van der Waals surface area contributed by atoms with Crippen LogP contribution in [-0.4, -0.2) is 49.7 Å². The average Bonchev–Trinajstić information content (AvgIpc) is 2.78. The van der Waals surface area contributed by atoms with Gasteiger partial charge in [0.05, 0.1) is 7.11 Å². The third-order valence-corrected chi connectivity index (χ3v) is 3.91. The molecule has 0 bridgehead atoms. The van der Waals surface area contributed by atoms with Crippen LogP contribution in [0.4, 0.5) is 4.79 Å². The lowest BCUT2D eigenvalue weighted by atomic mass is 9.91. The average molecular weight is 320 g/mol. The third-order valence-electron chi connectivity index (χ3n) is 3.91. The van der Waals surface area contributed by atoms with Crippen LogP contribution in [0.15, 0.2) is 18.2 Å². The van der Waals surface area contributed by atoms with Gasteiger partial charge in [-0.05, 0) is 24.6 Å². The summed E-state index contributed by atoms with van der Waals surface area (Å²) in [4.78, 5) is 36.9. The zero-order valence-corrected chi connectivity index (χ0v) is 12.8. The fraction of sp³-hybridized carbons (Fsp3) is 0.400. The molecule has 1 aromatic carbocycles. The highest BCUT2D eigenvalue weighted by Gasteiger charge is 2.50. The molecule has 1 saturated heterocycles. The molecule has 1 fully saturated rings. The molecule has 0 aromatic heterocycles. The Balaban J connectivity index is 1.91. The van der Waals surface area contributed by atoms with Crippen molar-refractivity contribution < 1.29 is 28.6 Å². The number of urea groups is 1. The molecule has 3 rings (SSSR count). The van der Waals surface area contributed by atoms with Crippen molar-refractivity contribution in [1.29, 1.82) is 0 Å². The summed E-state index contributed by atoms with van der Waals surface area (Å²) >= 11 is 0. The highest BCUT2D eigenvalue weighted by molar-refractivity contribution is 6.08. The maximum absolute atomic E-state index is 12.6. The number of benzene rings is 1. The molecule has 8 nitrogen and oxygen atoms in total. The number of amides is 3. The molecule has 23 heavy (non-hydrogen) atoms. The number of hydrogen-bond acceptors (Lipinski definition) is 6. The molecule has 0 unspecified atom stereocenters. The Morgan fingerprint density at radius 2 is 2.00 bits per heavy atom. The minimum absolute atomic E-state index is 0.419. The predicted molar refractivity (Wildman–Crippen MR) is 77.0 cm³/mol. The van der Waals surface area contributed by atoms with Crippen LogP contribution in [0.25, 0.3) is 0 Å². The molecule has 0 saturated carbocycles. The second kappa shape index (κ2) is 5.45. The smallest absolute Gasteiger partial charge is 0.325 e. The van der Waals surface area contributed by atoms with Gasteiger partial charge in [-0.25, -0.2) is 4.79 Å². The van der Waals surface area contributed by atoms with E-state index in [-0.39, 0.29) is 0 Å². The molecule has 0 radical (unpaired) electrons. The number of rotatable bonds is 3. The second-order valence-electron chi connectivity index (χ2n) is 5.38. The van der Waals surface area contributed by atoms with Gasteiger partial charge in [-0.15, -0.1) is 0 Å². The third kappa shape index (κ3) is 2.45. The van der Waals surface area contributed by atoms with Crippen molar-refractivity contribution in [2.45, 2.75) is 12.5 Å². The first-order valence-electron chi connectivity index (χ1n) is 7.07. The van der Waals surface area contributed by atoms with Crippen molar-refractivity contribution in [2.75, 3.05) is 26.9 Å². The lowest BCUT2D eigenvalue weighted by Gasteiger charge is -2.25. The van der Waals surface area contributed by atoms with Crippen molar-refractivity contribution in [1.82, 2.24) is 10.2 Å². The topological polar surface area (TPSA) is 94.2 Å². The van der Waals surface area contributed by atoms with Crippen molar-refractivity contribution in [3.05, 3.63) is 23.8 Å². The first-order chi connectivity index (χ1) is 11.0. The van der Waals surface area contributed by atoms with Gasteiger partial charge in [0, 0.05) is 0 Å². The molecule has 2 aliphatic heterocycles. The van der Waals surface area contributed by atoms with Gasteiger partial charge in [0.1, 0.15) is 25.3 Å². The fourth-order valence-corrected chi connectivity index (χ4v) is 2.58. The van der Waals surface area contributed by atoms with Crippen LogP contribution >= 0.6 is 0 Å². The Bertz CT molecular complexity index is 689. The number of fused-ring (bicyclic) bond motifs is 1. The summed E-state index contributed by atoms with van der Waals surface area (Å²) in [6, 6.07) is 4.40. The highest BCUT2D eigenvalue weighted by Crippen LogP contribution is 2.36. The van der Waals surface area contributed by atoms with E-state index in [2.05, 4.69) is 10.1 Å². The zero-order chi connectivity index (χ0) is 16.6. The molecule has 2 aliphatic rings. The van der Waals surface area contributed by atoms with E-state index in [1.807, 2.05) is 0 Å². The van der Waals surface area contributed by atoms with Crippen LogP contribution in [0.3, 0.4) is 0 Å². The lowest BCUT2D eigenvalue weighted by Crippen LogP contribution is -2.41. The van der Waals surface area contributed by atoms with E-state index < -0.39 is 30.0 Å². The number of carbonyl (C=O) groups is 3. The zero-order valence-electron chi connectivity index (χ0n) is 12.8. The Kier molecular flexibility index (Phi) is 3.59. The van der Waals surface area contributed by atoms with Crippen molar-refractivity contribution >= 4 is 17.9 Å². The van der Waals surface area contributed by atoms with Gasteiger partial charge in [-0.1, -0.05) is 6.07 Å². The summed E-state index contributed by atoms with van der Waals surface area (Å²) in [5.74, 6) is -0.0836. The van der Waals surface area contributed by atoms with Gasteiger partial charge in [-0.3, -0.25) is 14.5 Å². The van der Waals surface area contributed by atoms with E-state index >= 15 is 0 Å². The summed E-state index contributed by atoms with van der Waals surface area (Å²) in [5.41, 5.74) is -0.728. The summed E-state index contributed by atoms with van der Waals surface area (Å²) in [6.07, 6.45) is 0. The van der Waals surface area contributed by atoms with Gasteiger partial charge < -0.3 is 19.5 Å². The Morgan fingerprint density at radius 1 is 1.30 bits per heavy atom. The number of nitrogens with one attached hydrogen (secondary N) is 1. The molecule has 2 heterocycles. The molecule has 1 atom stereocenters. The maximum Gasteiger partial charge on any atom is 0.325 e. The van der Waals surface area contributed by atoms with Gasteiger partial charge in [0.15, 0.2) is 11.5 Å². The van der Waals surface area contributed by atoms with Gasteiger partial charge >= 0.3 is 12.0 Å². The van der Waals surface area contributed by atoms with Gasteiger partial charge in [-0.2, -0.15) is 0 Å². The normalized spacial score (nSPS) is 22.8. The summed E-state index contributed by atoms with van der Waals surface area (Å²) < 4.78 is 15.5. The molecule has 0 spiro atoms. The van der Waals surface area contributed by atoms with Crippen molar-refractivity contribution in [2.24, 2.45) is 0 Å². The predicted octanol–water partition coefficient (Wildman–Crippen LogP) is 0.398. The number of ether oxygens (including phenoxy) is 3. The second-order valence-corrected chi connectivity index (χ2v) is 5.38. The molecule has 1 aromatic rings. The number of carbonyl (C=O) groups excluding carboxylic acids is 3. The number of imide groups is 1. The van der Waals surface area contributed by atoms with Crippen LogP contribution in [0.1, 0.15) is 12.5 Å². The minimum Gasteiger partial charge on any atom is -0.486 e. The largest absolute Gasteiger partial charge is 0.486 e. The number of methoxy groups -OCH3 is 1. The van der Waals surface area contributed by atoms with Gasteiger partial charge in [0.2, 0.25) is 0 Å². The van der Waals surface area contributed by atoms with Gasteiger partial charge in [0.25, 0.3) is 5.91 Å². The first kappa shape index (κ1) is 15.1. The van der Waals surface area contributed by atoms with E-state index in [0.717, 1.165) is 4.90 Å². The summed E-state index contributed by atoms with van der Waals surface area (Å²) in [6.45, 7) is 2.03. The monoisotopic (exact) mass is 320 g/mol. The van der Waals surface area contributed by atoms with Crippen LogP contribution in [0, 0.1) is 0 Å². The molecule has 8 heteroatoms. The minimum atomic E-state index is -1.28. The van der Waals surface area contributed by atoms with Crippen LogP contribution in [0.5, 0.6) is 11.5 Å². The molecule has 0 aliphatic carbocycles. The molecular formula is C15H16N2O6. The van der Waals surface area contributed by atoms with E-state index in [4.69, 9.17) is 9.47 Å². The Morgan fingerprint density at radius 3 is 2.70 bits per heavy atom. The van der Waals surface area contributed by atoms with Crippen molar-refractivity contribution in [3.8, 4) is 11.5 Å². The molecule has 122 valence electrons. The van der Waals surface area contributed by atoms with Crippen LogP contribution in [-0.2, 0) is 19.9 Å². The van der Waals surface area contributed by atoms with Crippen molar-refractivity contribution in [3.63, 3.8) is 0 Å². The molecule has 1 N–H and O–H groups in total. The van der Waals surface area contributed by atoms with Crippen LogP contribution < -0.4 is 14.8 Å². The lowest BCUT2D eigenvalue weighted by molar-refractivity contribution is -0.145. The van der Waals surface area contributed by atoms with E-state index in [1.165, 1.54) is 7.11 Å². The molecule has 3 amide bonds. The SMILES string of the molecule is COC(=O)CN1C(=O)N[C@](C)(c2ccc3c(c2)OCCO3)C1=O. The molecular weight excluding hydrogens is 304 g/mol. The Labute approximate surface area is 132 Å². The number of nitrogens with zero attached hydrogens (tertiary/aromatic N) is 1. The number of hydrogen-bond donors (Lipinski definition) is 1. The number of esters is 1. The summed E-state index contributed by atoms with van der Waals surface area (Å²) in [7, 11) is 1.20. The standard InChI is InChI=1S/C15H16N2O6/c1-15(9-3-4-10-11(7-9)23-6-5-22-10)13(19)17(14(20)16-15)8-12(18)21-2/h3-4,7H,5-6,8H2,1-2H3,(H,16,20)/t15-/m1/s1. The Hall–Kier alpha value is -2.77. The highest BCUT2D eigenvalue weighted by atomic mass is 16.6. The first-order valence-corrected chi connectivity index (χ1v) is 7.07. The van der Waals surface area contributed by atoms with E-state index in [1.54, 1.807) is 25.1 Å².